The number of guanidine groups is 1. The summed E-state index contributed by atoms with van der Waals surface area (Å²) in [4.78, 5) is 33.8. The summed E-state index contributed by atoms with van der Waals surface area (Å²) in [5.41, 5.74) is 1.10. The summed E-state index contributed by atoms with van der Waals surface area (Å²) in [6, 6.07) is 5.52. The first-order chi connectivity index (χ1) is 15.0. The summed E-state index contributed by atoms with van der Waals surface area (Å²) in [5.74, 6) is 2.29. The van der Waals surface area contributed by atoms with Gasteiger partial charge in [-0.1, -0.05) is 0 Å². The van der Waals surface area contributed by atoms with Crippen molar-refractivity contribution < 1.29 is 19.1 Å². The van der Waals surface area contributed by atoms with Crippen LogP contribution in [0.3, 0.4) is 0 Å². The zero-order valence-electron chi connectivity index (χ0n) is 18.5. The van der Waals surface area contributed by atoms with Gasteiger partial charge in [-0.3, -0.25) is 19.6 Å². The third kappa shape index (κ3) is 5.78. The minimum Gasteiger partial charge on any atom is -0.497 e. The highest BCUT2D eigenvalue weighted by molar-refractivity contribution is 6.01. The summed E-state index contributed by atoms with van der Waals surface area (Å²) < 4.78 is 10.9. The van der Waals surface area contributed by atoms with E-state index >= 15 is 0 Å². The van der Waals surface area contributed by atoms with Crippen molar-refractivity contribution in [3.05, 3.63) is 23.8 Å². The molecular weight excluding hydrogens is 400 g/mol. The van der Waals surface area contributed by atoms with Crippen LogP contribution in [0.2, 0.25) is 0 Å². The summed E-state index contributed by atoms with van der Waals surface area (Å²) >= 11 is 0. The second-order valence-electron chi connectivity index (χ2n) is 7.38. The van der Waals surface area contributed by atoms with Crippen molar-refractivity contribution in [3.63, 3.8) is 0 Å². The molecular formula is C21H32N6O4. The smallest absolute Gasteiger partial charge is 0.324 e. The average Bonchev–Trinajstić information content (AvgIpc) is 3.11. The van der Waals surface area contributed by atoms with E-state index in [0.29, 0.717) is 6.54 Å². The fraction of sp³-hybridized carbons (Fsp3) is 0.571. The molecule has 0 aliphatic carbocycles. The summed E-state index contributed by atoms with van der Waals surface area (Å²) in [6.07, 6.45) is 0. The van der Waals surface area contributed by atoms with Gasteiger partial charge in [0.05, 0.1) is 33.9 Å². The lowest BCUT2D eigenvalue weighted by Gasteiger charge is -2.36. The van der Waals surface area contributed by atoms with Crippen LogP contribution in [0.1, 0.15) is 12.5 Å². The molecule has 10 nitrogen and oxygen atoms in total. The minimum absolute atomic E-state index is 0.0721. The molecule has 3 rings (SSSR count). The second-order valence-corrected chi connectivity index (χ2v) is 7.38. The van der Waals surface area contributed by atoms with Crippen molar-refractivity contribution >= 4 is 17.9 Å². The molecule has 2 saturated heterocycles. The number of ether oxygens (including phenoxy) is 2. The Morgan fingerprint density at radius 1 is 1.16 bits per heavy atom. The molecule has 0 unspecified atom stereocenters. The van der Waals surface area contributed by atoms with Crippen LogP contribution in [0.5, 0.6) is 11.5 Å². The van der Waals surface area contributed by atoms with Crippen LogP contribution in [0.4, 0.5) is 4.79 Å². The average molecular weight is 433 g/mol. The van der Waals surface area contributed by atoms with E-state index in [2.05, 4.69) is 25.4 Å². The molecule has 2 aliphatic heterocycles. The molecule has 0 spiro atoms. The Hall–Kier alpha value is -3.01. The van der Waals surface area contributed by atoms with Crippen LogP contribution in [-0.2, 0) is 11.3 Å². The number of carbonyl (C=O) groups excluding carboxylic acids is 2. The summed E-state index contributed by atoms with van der Waals surface area (Å²) in [6.45, 7) is 7.74. The van der Waals surface area contributed by atoms with Crippen molar-refractivity contribution in [1.82, 2.24) is 25.3 Å². The topological polar surface area (TPSA) is 98.7 Å². The van der Waals surface area contributed by atoms with E-state index in [-0.39, 0.29) is 25.0 Å². The Balaban J connectivity index is 1.55. The van der Waals surface area contributed by atoms with Crippen molar-refractivity contribution in [2.45, 2.75) is 13.5 Å². The van der Waals surface area contributed by atoms with Crippen LogP contribution in [0.25, 0.3) is 0 Å². The zero-order valence-corrected chi connectivity index (χ0v) is 18.5. The molecule has 0 bridgehead atoms. The van der Waals surface area contributed by atoms with Crippen molar-refractivity contribution in [2.75, 3.05) is 66.6 Å². The predicted molar refractivity (Wildman–Crippen MR) is 117 cm³/mol. The number of benzene rings is 1. The third-order valence-electron chi connectivity index (χ3n) is 5.41. The molecule has 2 aliphatic rings. The number of urea groups is 1. The first-order valence-corrected chi connectivity index (χ1v) is 10.6. The molecule has 0 aromatic heterocycles. The number of piperazine rings is 1. The molecule has 10 heteroatoms. The number of nitrogens with zero attached hydrogens (tertiary/aromatic N) is 4. The Kier molecular flexibility index (Phi) is 7.94. The van der Waals surface area contributed by atoms with E-state index < -0.39 is 0 Å². The second kappa shape index (κ2) is 10.9. The van der Waals surface area contributed by atoms with Gasteiger partial charge in [-0.2, -0.15) is 0 Å². The van der Waals surface area contributed by atoms with Gasteiger partial charge in [-0.25, -0.2) is 4.79 Å². The SMILES string of the molecule is CCNC(=NCCN1C(=O)CNC1=O)N1CCN(Cc2cc(OC)ccc2OC)CC1. The van der Waals surface area contributed by atoms with Crippen LogP contribution in [-0.4, -0.2) is 99.2 Å². The Morgan fingerprint density at radius 3 is 2.55 bits per heavy atom. The van der Waals surface area contributed by atoms with Crippen molar-refractivity contribution in [1.29, 1.82) is 0 Å². The summed E-state index contributed by atoms with van der Waals surface area (Å²) in [7, 11) is 3.35. The number of nitrogens with one attached hydrogen (secondary N) is 2. The Morgan fingerprint density at radius 2 is 1.94 bits per heavy atom. The van der Waals surface area contributed by atoms with Gasteiger partial charge in [0, 0.05) is 44.8 Å². The normalized spacial score (nSPS) is 17.7. The van der Waals surface area contributed by atoms with Gasteiger partial charge in [0.1, 0.15) is 11.5 Å². The van der Waals surface area contributed by atoms with E-state index in [0.717, 1.165) is 62.3 Å². The van der Waals surface area contributed by atoms with Gasteiger partial charge in [-0.15, -0.1) is 0 Å². The molecule has 2 fully saturated rings. The number of amides is 3. The molecule has 0 saturated carbocycles. The monoisotopic (exact) mass is 432 g/mol. The first kappa shape index (κ1) is 22.7. The van der Waals surface area contributed by atoms with Gasteiger partial charge < -0.3 is 25.0 Å². The molecule has 3 amide bonds. The molecule has 31 heavy (non-hydrogen) atoms. The molecule has 170 valence electrons. The molecule has 1 aromatic rings. The van der Waals surface area contributed by atoms with E-state index in [1.807, 2.05) is 25.1 Å². The number of aliphatic imine (C=N–C) groups is 1. The maximum Gasteiger partial charge on any atom is 0.324 e. The highest BCUT2D eigenvalue weighted by Gasteiger charge is 2.28. The maximum absolute atomic E-state index is 11.7. The van der Waals surface area contributed by atoms with Crippen molar-refractivity contribution in [3.8, 4) is 11.5 Å². The highest BCUT2D eigenvalue weighted by atomic mass is 16.5. The Bertz CT molecular complexity index is 791. The third-order valence-corrected chi connectivity index (χ3v) is 5.41. The highest BCUT2D eigenvalue weighted by Crippen LogP contribution is 2.25. The molecule has 0 radical (unpaired) electrons. The molecule has 1 aromatic carbocycles. The quantitative estimate of drug-likeness (QED) is 0.347. The van der Waals surface area contributed by atoms with Crippen LogP contribution in [0, 0.1) is 0 Å². The van der Waals surface area contributed by atoms with E-state index in [4.69, 9.17) is 9.47 Å². The molecule has 2 N–H and O–H groups in total. The van der Waals surface area contributed by atoms with Crippen LogP contribution in [0.15, 0.2) is 23.2 Å². The fourth-order valence-corrected chi connectivity index (χ4v) is 3.73. The fourth-order valence-electron chi connectivity index (χ4n) is 3.73. The summed E-state index contributed by atoms with van der Waals surface area (Å²) in [5, 5.41) is 5.84. The van der Waals surface area contributed by atoms with Crippen LogP contribution >= 0.6 is 0 Å². The van der Waals surface area contributed by atoms with Gasteiger partial charge in [-0.05, 0) is 25.1 Å². The minimum atomic E-state index is -0.341. The first-order valence-electron chi connectivity index (χ1n) is 10.6. The number of rotatable bonds is 8. The number of imide groups is 1. The largest absolute Gasteiger partial charge is 0.497 e. The predicted octanol–water partition coefficient (Wildman–Crippen LogP) is 0.339. The van der Waals surface area contributed by atoms with Crippen LogP contribution < -0.4 is 20.1 Å². The molecule has 2 heterocycles. The number of methoxy groups -OCH3 is 2. The van der Waals surface area contributed by atoms with Gasteiger partial charge in [0.2, 0.25) is 5.91 Å². The van der Waals surface area contributed by atoms with E-state index in [1.165, 1.54) is 4.90 Å². The zero-order chi connectivity index (χ0) is 22.2. The van der Waals surface area contributed by atoms with Crippen molar-refractivity contribution in [2.24, 2.45) is 4.99 Å². The lowest BCUT2D eigenvalue weighted by molar-refractivity contribution is -0.124. The standard InChI is InChI=1S/C21H32N6O4/c1-4-22-20(23-7-8-27-19(28)14-24-21(27)29)26-11-9-25(10-12-26)15-16-13-17(30-2)5-6-18(16)31-3/h5-6,13H,4,7-12,14-15H2,1-3H3,(H,22,23)(H,24,29). The van der Waals surface area contributed by atoms with E-state index in [9.17, 15) is 9.59 Å². The number of hydrogen-bond donors (Lipinski definition) is 2. The number of hydrogen-bond acceptors (Lipinski definition) is 6. The van der Waals surface area contributed by atoms with Gasteiger partial charge >= 0.3 is 6.03 Å². The maximum atomic E-state index is 11.7. The van der Waals surface area contributed by atoms with E-state index in [1.54, 1.807) is 14.2 Å². The number of carbonyl (C=O) groups is 2. The molecule has 0 atom stereocenters. The van der Waals surface area contributed by atoms with Gasteiger partial charge in [0.25, 0.3) is 0 Å². The lowest BCUT2D eigenvalue weighted by atomic mass is 10.1. The lowest BCUT2D eigenvalue weighted by Crippen LogP contribution is -2.52. The van der Waals surface area contributed by atoms with Gasteiger partial charge in [0.15, 0.2) is 5.96 Å². The Labute approximate surface area is 183 Å².